The normalized spacial score (nSPS) is 13.2. The first-order chi connectivity index (χ1) is 29.1. The lowest BCUT2D eigenvalue weighted by atomic mass is 9.91. The summed E-state index contributed by atoms with van der Waals surface area (Å²) >= 11 is 0. The maximum Gasteiger partial charge on any atom is 0.164 e. The number of furan rings is 1. The van der Waals surface area contributed by atoms with Gasteiger partial charge in [0.15, 0.2) is 17.5 Å². The first-order valence-corrected chi connectivity index (χ1v) is 17.2. The maximum absolute atomic E-state index is 9.18. The largest absolute Gasteiger partial charge is 0.456 e. The minimum atomic E-state index is -0.454. The topological polar surface area (TPSA) is 51.8 Å². The number of hydrogen-bond acceptors (Lipinski definition) is 4. The summed E-state index contributed by atoms with van der Waals surface area (Å²) in [6.07, 6.45) is 0. The lowest BCUT2D eigenvalue weighted by Crippen LogP contribution is -2.01. The SMILES string of the molecule is [2H]c1ccc2oc3ccc([2H])c(-c4nc(-c5ccc(-c6c([2H])c([2H])c([2H])c([2H])c6[2H])cc5)nc(-c5ccc(-c6ccc7ccccc7c6)c(-c6ccccc6)c5)n4)c3c2c1. The summed E-state index contributed by atoms with van der Waals surface area (Å²) in [4.78, 5) is 15.1. The molecule has 0 aliphatic carbocycles. The van der Waals surface area contributed by atoms with E-state index in [-0.39, 0.29) is 29.5 Å². The van der Waals surface area contributed by atoms with E-state index < -0.39 is 18.1 Å². The summed E-state index contributed by atoms with van der Waals surface area (Å²) in [7, 11) is 0. The molecule has 4 nitrogen and oxygen atoms in total. The van der Waals surface area contributed by atoms with E-state index in [9.17, 15) is 1.37 Å². The fraction of sp³-hybridized carbons (Fsp3) is 0. The number of fused-ring (bicyclic) bond motifs is 4. The fourth-order valence-corrected chi connectivity index (χ4v) is 6.90. The monoisotopic (exact) mass is 684 g/mol. The molecule has 0 aliphatic rings. The minimum absolute atomic E-state index is 0.0932. The maximum atomic E-state index is 9.18. The van der Waals surface area contributed by atoms with Crippen LogP contribution in [0.3, 0.4) is 0 Å². The number of benzene rings is 8. The van der Waals surface area contributed by atoms with Crippen LogP contribution in [0.4, 0.5) is 0 Å². The Bertz CT molecular complexity index is 3320. The highest BCUT2D eigenvalue weighted by atomic mass is 16.3. The van der Waals surface area contributed by atoms with E-state index in [2.05, 4.69) is 54.6 Å². The third-order valence-corrected chi connectivity index (χ3v) is 9.49. The predicted octanol–water partition coefficient (Wildman–Crippen LogP) is 12.9. The standard InChI is InChI=1S/C49H31N3O/c1-3-12-32(13-4-1)34-22-25-36(26-23-34)47-50-48(52-49(51-47)42-19-11-21-45-46(42)41-18-9-10-20-44(41)53-45)39-28-29-40(43(31-39)35-15-5-2-6-16-35)38-27-24-33-14-7-8-17-37(33)30-38/h1-31H/i1D,3D,4D,9D,12D,13D,19D. The predicted molar refractivity (Wildman–Crippen MR) is 217 cm³/mol. The van der Waals surface area contributed by atoms with Crippen molar-refractivity contribution in [3.05, 3.63) is 188 Å². The van der Waals surface area contributed by atoms with E-state index in [0.717, 1.165) is 33.0 Å². The van der Waals surface area contributed by atoms with Gasteiger partial charge in [0.05, 0.1) is 9.60 Å². The highest BCUT2D eigenvalue weighted by Gasteiger charge is 2.19. The van der Waals surface area contributed by atoms with Gasteiger partial charge in [-0.15, -0.1) is 0 Å². The van der Waals surface area contributed by atoms with Crippen molar-refractivity contribution in [3.8, 4) is 67.5 Å². The van der Waals surface area contributed by atoms with E-state index in [1.165, 1.54) is 0 Å². The molecular weight excluding hydrogens is 647 g/mol. The molecule has 10 rings (SSSR count). The first-order valence-electron chi connectivity index (χ1n) is 20.7. The quantitative estimate of drug-likeness (QED) is 0.175. The Morgan fingerprint density at radius 2 is 1.08 bits per heavy atom. The second-order valence-corrected chi connectivity index (χ2v) is 12.7. The molecule has 0 spiro atoms. The van der Waals surface area contributed by atoms with Crippen LogP contribution in [-0.4, -0.2) is 15.0 Å². The summed E-state index contributed by atoms with van der Waals surface area (Å²) in [5.41, 5.74) is 7.42. The van der Waals surface area contributed by atoms with E-state index in [1.54, 1.807) is 54.6 Å². The molecule has 0 aliphatic heterocycles. The lowest BCUT2D eigenvalue weighted by molar-refractivity contribution is 0.669. The second-order valence-electron chi connectivity index (χ2n) is 12.7. The van der Waals surface area contributed by atoms with Crippen LogP contribution in [0.2, 0.25) is 0 Å². The highest BCUT2D eigenvalue weighted by molar-refractivity contribution is 6.11. The van der Waals surface area contributed by atoms with Gasteiger partial charge in [0.2, 0.25) is 0 Å². The molecule has 4 heteroatoms. The molecule has 0 amide bonds. The van der Waals surface area contributed by atoms with Crippen molar-refractivity contribution in [2.75, 3.05) is 0 Å². The Labute approximate surface area is 316 Å². The second kappa shape index (κ2) is 12.9. The van der Waals surface area contributed by atoms with Gasteiger partial charge in [-0.25, -0.2) is 15.0 Å². The average molecular weight is 685 g/mol. The zero-order valence-corrected chi connectivity index (χ0v) is 28.1. The Morgan fingerprint density at radius 3 is 1.92 bits per heavy atom. The highest BCUT2D eigenvalue weighted by Crippen LogP contribution is 2.39. The molecule has 2 aromatic heterocycles. The molecule has 0 N–H and O–H groups in total. The van der Waals surface area contributed by atoms with E-state index in [0.29, 0.717) is 61.9 Å². The van der Waals surface area contributed by atoms with Crippen LogP contribution < -0.4 is 0 Å². The summed E-state index contributed by atoms with van der Waals surface area (Å²) in [5, 5.41) is 3.56. The van der Waals surface area contributed by atoms with Crippen LogP contribution >= 0.6 is 0 Å². The minimum Gasteiger partial charge on any atom is -0.456 e. The molecule has 0 saturated carbocycles. The van der Waals surface area contributed by atoms with Gasteiger partial charge < -0.3 is 4.42 Å². The van der Waals surface area contributed by atoms with Crippen LogP contribution in [0.15, 0.2) is 192 Å². The molecule has 0 bridgehead atoms. The number of nitrogens with zero attached hydrogens (tertiary/aromatic N) is 3. The molecular formula is C49H31N3O. The zero-order valence-electron chi connectivity index (χ0n) is 35.1. The van der Waals surface area contributed by atoms with Gasteiger partial charge in [-0.1, -0.05) is 164 Å². The van der Waals surface area contributed by atoms with Gasteiger partial charge in [-0.3, -0.25) is 0 Å². The summed E-state index contributed by atoms with van der Waals surface area (Å²) in [6, 6.07) is 45.0. The molecule has 53 heavy (non-hydrogen) atoms. The van der Waals surface area contributed by atoms with Crippen molar-refractivity contribution < 1.29 is 14.0 Å². The van der Waals surface area contributed by atoms with E-state index in [4.69, 9.17) is 27.6 Å². The Morgan fingerprint density at radius 1 is 0.377 bits per heavy atom. The van der Waals surface area contributed by atoms with Gasteiger partial charge in [0.25, 0.3) is 0 Å². The van der Waals surface area contributed by atoms with Crippen molar-refractivity contribution in [2.24, 2.45) is 0 Å². The number of hydrogen-bond donors (Lipinski definition) is 0. The zero-order chi connectivity index (χ0) is 41.2. The van der Waals surface area contributed by atoms with Gasteiger partial charge >= 0.3 is 0 Å². The third-order valence-electron chi connectivity index (χ3n) is 9.49. The molecule has 0 atom stereocenters. The van der Waals surface area contributed by atoms with Gasteiger partial charge in [-0.05, 0) is 68.4 Å². The molecule has 0 unspecified atom stereocenters. The van der Waals surface area contributed by atoms with Crippen LogP contribution in [0.25, 0.3) is 100 Å². The van der Waals surface area contributed by atoms with Gasteiger partial charge in [-0.2, -0.15) is 0 Å². The Kier molecular flexibility index (Phi) is 5.85. The summed E-state index contributed by atoms with van der Waals surface area (Å²) < 4.78 is 65.2. The van der Waals surface area contributed by atoms with E-state index in [1.807, 2.05) is 36.4 Å². The lowest BCUT2D eigenvalue weighted by Gasteiger charge is -2.14. The third kappa shape index (κ3) is 5.63. The summed E-state index contributed by atoms with van der Waals surface area (Å²) in [6.45, 7) is 0. The molecule has 8 aromatic carbocycles. The Hall–Kier alpha value is -7.17. The van der Waals surface area contributed by atoms with Crippen molar-refractivity contribution in [3.63, 3.8) is 0 Å². The average Bonchev–Trinajstić information content (AvgIpc) is 3.65. The van der Waals surface area contributed by atoms with Gasteiger partial charge in [0.1, 0.15) is 11.2 Å². The Balaban J connectivity index is 1.19. The number of aromatic nitrogens is 3. The molecule has 0 saturated heterocycles. The number of rotatable bonds is 6. The van der Waals surface area contributed by atoms with Crippen molar-refractivity contribution >= 4 is 32.7 Å². The van der Waals surface area contributed by atoms with Crippen molar-refractivity contribution in [1.29, 1.82) is 0 Å². The first kappa shape index (κ1) is 24.1. The molecule has 0 fully saturated rings. The van der Waals surface area contributed by atoms with Crippen LogP contribution in [0.1, 0.15) is 9.60 Å². The molecule has 2 heterocycles. The van der Waals surface area contributed by atoms with Gasteiger partial charge in [0, 0.05) is 27.5 Å². The van der Waals surface area contributed by atoms with E-state index >= 15 is 0 Å². The molecule has 10 aromatic rings. The van der Waals surface area contributed by atoms with Crippen LogP contribution in [-0.2, 0) is 0 Å². The van der Waals surface area contributed by atoms with Crippen LogP contribution in [0, 0.1) is 0 Å². The van der Waals surface area contributed by atoms with Crippen molar-refractivity contribution in [2.45, 2.75) is 0 Å². The molecule has 0 radical (unpaired) electrons. The number of para-hydroxylation sites is 1. The summed E-state index contributed by atoms with van der Waals surface area (Å²) in [5.74, 6) is 0.892. The van der Waals surface area contributed by atoms with Crippen LogP contribution in [0.5, 0.6) is 0 Å². The fourth-order valence-electron chi connectivity index (χ4n) is 6.90. The smallest absolute Gasteiger partial charge is 0.164 e. The van der Waals surface area contributed by atoms with Crippen molar-refractivity contribution in [1.82, 2.24) is 15.0 Å². The molecule has 248 valence electrons.